The topological polar surface area (TPSA) is 113 Å². The first-order valence-electron chi connectivity index (χ1n) is 10.2. The molecule has 2 aliphatic rings. The van der Waals surface area contributed by atoms with E-state index in [1.165, 1.54) is 10.6 Å². The normalized spacial score (nSPS) is 24.1. The zero-order chi connectivity index (χ0) is 21.3. The van der Waals surface area contributed by atoms with E-state index in [-0.39, 0.29) is 23.8 Å². The van der Waals surface area contributed by atoms with Gasteiger partial charge in [-0.3, -0.25) is 0 Å². The smallest absolute Gasteiger partial charge is 0.223 e. The Morgan fingerprint density at radius 3 is 2.70 bits per heavy atom. The fourth-order valence-corrected chi connectivity index (χ4v) is 4.92. The number of nitrogens with one attached hydrogen (secondary N) is 2. The van der Waals surface area contributed by atoms with Crippen molar-refractivity contribution in [2.75, 3.05) is 31.3 Å². The number of sulfonamides is 1. The van der Waals surface area contributed by atoms with E-state index in [4.69, 9.17) is 4.74 Å². The maximum atomic E-state index is 14.4. The quantitative estimate of drug-likeness (QED) is 0.735. The van der Waals surface area contributed by atoms with Crippen molar-refractivity contribution in [3.05, 3.63) is 24.0 Å². The molecule has 2 aliphatic heterocycles. The predicted octanol–water partition coefficient (Wildman–Crippen LogP) is 2.12. The summed E-state index contributed by atoms with van der Waals surface area (Å²) in [6.45, 7) is 3.62. The zero-order valence-electron chi connectivity index (χ0n) is 17.1. The Kier molecular flexibility index (Phi) is 6.03. The van der Waals surface area contributed by atoms with Crippen molar-refractivity contribution in [2.45, 2.75) is 50.7 Å². The van der Waals surface area contributed by atoms with Gasteiger partial charge in [-0.2, -0.15) is 0 Å². The van der Waals surface area contributed by atoms with Crippen LogP contribution in [0.3, 0.4) is 0 Å². The predicted molar refractivity (Wildman–Crippen MR) is 110 cm³/mol. The van der Waals surface area contributed by atoms with Crippen molar-refractivity contribution in [1.29, 1.82) is 0 Å². The zero-order valence-corrected chi connectivity index (χ0v) is 18.0. The molecule has 4 heterocycles. The van der Waals surface area contributed by atoms with Gasteiger partial charge in [0, 0.05) is 31.7 Å². The third kappa shape index (κ3) is 4.79. The summed E-state index contributed by atoms with van der Waals surface area (Å²) in [5.74, 6) is 0.869. The molecule has 2 aromatic heterocycles. The number of piperidine rings is 1. The summed E-state index contributed by atoms with van der Waals surface area (Å²) < 4.78 is 44.8. The number of anilines is 1. The third-order valence-electron chi connectivity index (χ3n) is 5.72. The van der Waals surface area contributed by atoms with Crippen molar-refractivity contribution < 1.29 is 17.5 Å². The van der Waals surface area contributed by atoms with E-state index in [1.54, 1.807) is 6.20 Å². The summed E-state index contributed by atoms with van der Waals surface area (Å²) in [7, 11) is -3.18. The van der Waals surface area contributed by atoms with E-state index in [0.29, 0.717) is 44.2 Å². The second kappa shape index (κ2) is 8.56. The number of ether oxygens (including phenoxy) is 1. The summed E-state index contributed by atoms with van der Waals surface area (Å²) in [4.78, 5) is 16.1. The third-order valence-corrected chi connectivity index (χ3v) is 7.03. The molecule has 0 spiro atoms. The van der Waals surface area contributed by atoms with Crippen LogP contribution in [0, 0.1) is 5.82 Å². The number of rotatable bonds is 5. The minimum Gasteiger partial charge on any atom is -0.378 e. The molecule has 0 aliphatic carbocycles. The van der Waals surface area contributed by atoms with Crippen molar-refractivity contribution in [3.8, 4) is 11.4 Å². The molecule has 2 unspecified atom stereocenters. The highest BCUT2D eigenvalue weighted by Crippen LogP contribution is 2.30. The van der Waals surface area contributed by atoms with Crippen LogP contribution in [0.1, 0.15) is 44.3 Å². The first kappa shape index (κ1) is 21.1. The summed E-state index contributed by atoms with van der Waals surface area (Å²) >= 11 is 0. The van der Waals surface area contributed by atoms with E-state index in [1.807, 2.05) is 6.92 Å². The van der Waals surface area contributed by atoms with E-state index in [2.05, 4.69) is 25.3 Å². The van der Waals surface area contributed by atoms with Gasteiger partial charge in [0.1, 0.15) is 11.5 Å². The van der Waals surface area contributed by atoms with Gasteiger partial charge < -0.3 is 15.0 Å². The molecule has 2 N–H and O–H groups in total. The lowest BCUT2D eigenvalue weighted by Gasteiger charge is -2.30. The molecule has 0 radical (unpaired) electrons. The Balaban J connectivity index is 1.45. The van der Waals surface area contributed by atoms with Crippen LogP contribution in [0.25, 0.3) is 11.4 Å². The molecule has 11 heteroatoms. The van der Waals surface area contributed by atoms with E-state index >= 15 is 0 Å². The maximum Gasteiger partial charge on any atom is 0.223 e. The lowest BCUT2D eigenvalue weighted by molar-refractivity contribution is 0.0174. The number of hydrogen-bond acceptors (Lipinski definition) is 7. The second-order valence-corrected chi connectivity index (χ2v) is 10.0. The van der Waals surface area contributed by atoms with Crippen molar-refractivity contribution >= 4 is 16.0 Å². The summed E-state index contributed by atoms with van der Waals surface area (Å²) in [5, 5.41) is 3.20. The number of aromatic nitrogens is 4. The highest BCUT2D eigenvalue weighted by atomic mass is 32.2. The molecule has 2 saturated heterocycles. The SMILES string of the molecule is CC1CC(c2ncc(-c3nc(NC4CCN(S(C)(=O)=O)CC4)ncc3F)[nH]2)CCO1. The molecule has 2 fully saturated rings. The highest BCUT2D eigenvalue weighted by Gasteiger charge is 2.26. The van der Waals surface area contributed by atoms with Crippen LogP contribution in [-0.4, -0.2) is 70.8 Å². The van der Waals surface area contributed by atoms with Gasteiger partial charge in [-0.25, -0.2) is 32.1 Å². The number of nitrogens with zero attached hydrogens (tertiary/aromatic N) is 4. The van der Waals surface area contributed by atoms with Crippen LogP contribution in [0.5, 0.6) is 0 Å². The van der Waals surface area contributed by atoms with E-state index < -0.39 is 15.8 Å². The van der Waals surface area contributed by atoms with Crippen molar-refractivity contribution in [3.63, 3.8) is 0 Å². The summed E-state index contributed by atoms with van der Waals surface area (Å²) in [6.07, 6.45) is 7.18. The van der Waals surface area contributed by atoms with Crippen LogP contribution in [-0.2, 0) is 14.8 Å². The van der Waals surface area contributed by atoms with Gasteiger partial charge in [-0.15, -0.1) is 0 Å². The van der Waals surface area contributed by atoms with E-state index in [0.717, 1.165) is 24.9 Å². The van der Waals surface area contributed by atoms with Gasteiger partial charge in [0.25, 0.3) is 0 Å². The lowest BCUT2D eigenvalue weighted by Crippen LogP contribution is -2.42. The van der Waals surface area contributed by atoms with Crippen LogP contribution in [0.2, 0.25) is 0 Å². The minimum atomic E-state index is -3.18. The molecular weight excluding hydrogens is 411 g/mol. The number of hydrogen-bond donors (Lipinski definition) is 2. The van der Waals surface area contributed by atoms with Gasteiger partial charge in [0.05, 0.1) is 30.4 Å². The second-order valence-electron chi connectivity index (χ2n) is 8.06. The molecule has 0 saturated carbocycles. The average molecular weight is 439 g/mol. The van der Waals surface area contributed by atoms with Crippen molar-refractivity contribution in [2.24, 2.45) is 0 Å². The van der Waals surface area contributed by atoms with Gasteiger partial charge in [0.15, 0.2) is 5.82 Å². The molecule has 2 atom stereocenters. The molecule has 30 heavy (non-hydrogen) atoms. The van der Waals surface area contributed by atoms with Crippen molar-refractivity contribution in [1.82, 2.24) is 24.2 Å². The van der Waals surface area contributed by atoms with Gasteiger partial charge in [-0.05, 0) is 32.6 Å². The first-order valence-corrected chi connectivity index (χ1v) is 12.1. The van der Waals surface area contributed by atoms with Gasteiger partial charge >= 0.3 is 0 Å². The molecule has 0 amide bonds. The first-order chi connectivity index (χ1) is 14.3. The number of aromatic amines is 1. The molecule has 9 nitrogen and oxygen atoms in total. The fraction of sp³-hybridized carbons (Fsp3) is 0.632. The molecule has 164 valence electrons. The monoisotopic (exact) mass is 438 g/mol. The number of H-pyrrole nitrogens is 1. The Labute approximate surface area is 175 Å². The van der Waals surface area contributed by atoms with Gasteiger partial charge in [-0.1, -0.05) is 0 Å². The lowest BCUT2D eigenvalue weighted by atomic mass is 9.96. The Morgan fingerprint density at radius 1 is 1.23 bits per heavy atom. The molecule has 0 bridgehead atoms. The number of halogens is 1. The highest BCUT2D eigenvalue weighted by molar-refractivity contribution is 7.88. The Morgan fingerprint density at radius 2 is 2.00 bits per heavy atom. The fourth-order valence-electron chi connectivity index (χ4n) is 4.05. The van der Waals surface area contributed by atoms with Crippen LogP contribution in [0.15, 0.2) is 12.4 Å². The Hall–Kier alpha value is -2.11. The molecule has 4 rings (SSSR count). The maximum absolute atomic E-state index is 14.4. The molecule has 2 aromatic rings. The average Bonchev–Trinajstić information content (AvgIpc) is 3.19. The largest absolute Gasteiger partial charge is 0.378 e. The van der Waals surface area contributed by atoms with Crippen LogP contribution >= 0.6 is 0 Å². The van der Waals surface area contributed by atoms with Crippen LogP contribution < -0.4 is 5.32 Å². The molecule has 0 aromatic carbocycles. The summed E-state index contributed by atoms with van der Waals surface area (Å²) in [5.41, 5.74) is 0.680. The standard InChI is InChI=1S/C19H27FN6O3S/c1-12-9-13(5-8-29-12)18-21-11-16(24-18)17-15(20)10-22-19(25-17)23-14-3-6-26(7-4-14)30(2,27)28/h10-14H,3-9H2,1-2H3,(H,21,24)(H,22,23,25). The van der Waals surface area contributed by atoms with E-state index in [9.17, 15) is 12.8 Å². The minimum absolute atomic E-state index is 0.0300. The summed E-state index contributed by atoms with van der Waals surface area (Å²) in [6, 6.07) is 0.0300. The van der Waals surface area contributed by atoms with Gasteiger partial charge in [0.2, 0.25) is 16.0 Å². The molecular formula is C19H27FN6O3S. The van der Waals surface area contributed by atoms with Crippen LogP contribution in [0.4, 0.5) is 10.3 Å². The number of imidazole rings is 1. The Bertz CT molecular complexity index is 990.